The summed E-state index contributed by atoms with van der Waals surface area (Å²) in [6, 6.07) is 11.8. The molecule has 6 heteroatoms. The predicted octanol–water partition coefficient (Wildman–Crippen LogP) is 4.10. The standard InChI is InChI=1S/C21H20N4OS/c1-14-6-7-18(11-16(14)3)24-10-8-22-21(24)27-13-17-12-19(26)25-9-4-5-15(2)20(25)23-17/h4-12H,13H2,1-3H3. The number of aryl methyl sites for hydroxylation is 3. The lowest BCUT2D eigenvalue weighted by molar-refractivity contribution is 0.891. The van der Waals surface area contributed by atoms with Crippen molar-refractivity contribution in [2.75, 3.05) is 0 Å². The molecule has 0 aliphatic rings. The third kappa shape index (κ3) is 3.40. The lowest BCUT2D eigenvalue weighted by Crippen LogP contribution is -2.15. The van der Waals surface area contributed by atoms with Crippen molar-refractivity contribution in [2.24, 2.45) is 0 Å². The van der Waals surface area contributed by atoms with Crippen LogP contribution in [0.5, 0.6) is 0 Å². The van der Waals surface area contributed by atoms with Gasteiger partial charge in [-0.05, 0) is 55.7 Å². The Morgan fingerprint density at radius 2 is 1.85 bits per heavy atom. The molecule has 5 nitrogen and oxygen atoms in total. The highest BCUT2D eigenvalue weighted by atomic mass is 32.2. The van der Waals surface area contributed by atoms with Crippen molar-refractivity contribution >= 4 is 17.4 Å². The van der Waals surface area contributed by atoms with Gasteiger partial charge in [0.1, 0.15) is 5.65 Å². The Hall–Kier alpha value is -2.86. The second-order valence-corrected chi connectivity index (χ2v) is 7.55. The summed E-state index contributed by atoms with van der Waals surface area (Å²) in [5.74, 6) is 0.585. The van der Waals surface area contributed by atoms with Crippen molar-refractivity contribution in [2.45, 2.75) is 31.7 Å². The molecular formula is C21H20N4OS. The predicted molar refractivity (Wildman–Crippen MR) is 109 cm³/mol. The van der Waals surface area contributed by atoms with Gasteiger partial charge in [0.25, 0.3) is 5.56 Å². The number of hydrogen-bond acceptors (Lipinski definition) is 4. The summed E-state index contributed by atoms with van der Waals surface area (Å²) in [5, 5.41) is 0.880. The molecule has 0 aliphatic heterocycles. The monoisotopic (exact) mass is 376 g/mol. The number of imidazole rings is 1. The van der Waals surface area contributed by atoms with Crippen LogP contribution in [-0.4, -0.2) is 18.9 Å². The van der Waals surface area contributed by atoms with Gasteiger partial charge >= 0.3 is 0 Å². The maximum absolute atomic E-state index is 12.4. The number of rotatable bonds is 4. The Labute approximate surface area is 161 Å². The average Bonchev–Trinajstić information content (AvgIpc) is 3.12. The summed E-state index contributed by atoms with van der Waals surface area (Å²) in [6.45, 7) is 6.18. The van der Waals surface area contributed by atoms with E-state index in [0.717, 1.165) is 22.1 Å². The number of thioether (sulfide) groups is 1. The fourth-order valence-electron chi connectivity index (χ4n) is 2.99. The first-order chi connectivity index (χ1) is 13.0. The lowest BCUT2D eigenvalue weighted by Gasteiger charge is -2.10. The first kappa shape index (κ1) is 17.5. The van der Waals surface area contributed by atoms with E-state index >= 15 is 0 Å². The fraction of sp³-hybridized carbons (Fsp3) is 0.190. The van der Waals surface area contributed by atoms with Crippen LogP contribution in [-0.2, 0) is 5.75 Å². The molecule has 0 saturated carbocycles. The minimum Gasteiger partial charge on any atom is -0.295 e. The third-order valence-corrected chi connectivity index (χ3v) is 5.66. The largest absolute Gasteiger partial charge is 0.295 e. The summed E-state index contributed by atoms with van der Waals surface area (Å²) in [5.41, 5.74) is 5.99. The molecule has 27 heavy (non-hydrogen) atoms. The molecular weight excluding hydrogens is 356 g/mol. The number of pyridine rings is 1. The summed E-state index contributed by atoms with van der Waals surface area (Å²) in [4.78, 5) is 21.5. The van der Waals surface area contributed by atoms with Crippen LogP contribution in [0.4, 0.5) is 0 Å². The number of aromatic nitrogens is 4. The van der Waals surface area contributed by atoms with Crippen LogP contribution in [0, 0.1) is 20.8 Å². The summed E-state index contributed by atoms with van der Waals surface area (Å²) < 4.78 is 3.65. The number of benzene rings is 1. The van der Waals surface area contributed by atoms with E-state index in [2.05, 4.69) is 46.6 Å². The van der Waals surface area contributed by atoms with Crippen LogP contribution in [0.1, 0.15) is 22.4 Å². The highest BCUT2D eigenvalue weighted by Gasteiger charge is 2.10. The Bertz CT molecular complexity index is 1190. The zero-order valence-corrected chi connectivity index (χ0v) is 16.3. The smallest absolute Gasteiger partial charge is 0.258 e. The van der Waals surface area contributed by atoms with Crippen molar-refractivity contribution in [1.29, 1.82) is 0 Å². The molecule has 3 aromatic heterocycles. The van der Waals surface area contributed by atoms with Crippen molar-refractivity contribution in [1.82, 2.24) is 18.9 Å². The Morgan fingerprint density at radius 1 is 1.00 bits per heavy atom. The summed E-state index contributed by atoms with van der Waals surface area (Å²) in [7, 11) is 0. The molecule has 0 radical (unpaired) electrons. The zero-order valence-electron chi connectivity index (χ0n) is 15.5. The number of hydrogen-bond donors (Lipinski definition) is 0. The molecule has 0 atom stereocenters. The second-order valence-electron chi connectivity index (χ2n) is 6.61. The van der Waals surface area contributed by atoms with Crippen LogP contribution in [0.25, 0.3) is 11.3 Å². The first-order valence-electron chi connectivity index (χ1n) is 8.74. The molecule has 1 aromatic carbocycles. The quantitative estimate of drug-likeness (QED) is 0.503. The highest BCUT2D eigenvalue weighted by Crippen LogP contribution is 2.24. The molecule has 4 rings (SSSR count). The number of fused-ring (bicyclic) bond motifs is 1. The van der Waals surface area contributed by atoms with Gasteiger partial charge in [0, 0.05) is 36.1 Å². The van der Waals surface area contributed by atoms with Gasteiger partial charge in [-0.1, -0.05) is 23.9 Å². The molecule has 0 fully saturated rings. The first-order valence-corrected chi connectivity index (χ1v) is 9.73. The molecule has 0 N–H and O–H groups in total. The maximum Gasteiger partial charge on any atom is 0.258 e. The van der Waals surface area contributed by atoms with Gasteiger partial charge in [0.2, 0.25) is 0 Å². The Kier molecular flexibility index (Phi) is 4.58. The molecule has 3 heterocycles. The van der Waals surface area contributed by atoms with Crippen LogP contribution in [0.2, 0.25) is 0 Å². The van der Waals surface area contributed by atoms with Gasteiger partial charge in [-0.25, -0.2) is 9.97 Å². The molecule has 136 valence electrons. The molecule has 0 bridgehead atoms. The van der Waals surface area contributed by atoms with Gasteiger partial charge in [-0.2, -0.15) is 0 Å². The van der Waals surface area contributed by atoms with E-state index < -0.39 is 0 Å². The summed E-state index contributed by atoms with van der Waals surface area (Å²) in [6.07, 6.45) is 5.50. The fourth-order valence-corrected chi connectivity index (χ4v) is 3.86. The Balaban J connectivity index is 1.63. The van der Waals surface area contributed by atoms with Crippen molar-refractivity contribution in [3.63, 3.8) is 0 Å². The van der Waals surface area contributed by atoms with E-state index in [1.165, 1.54) is 11.1 Å². The van der Waals surface area contributed by atoms with Gasteiger partial charge in [-0.15, -0.1) is 0 Å². The molecule has 0 saturated heterocycles. The van der Waals surface area contributed by atoms with Crippen molar-refractivity contribution < 1.29 is 0 Å². The van der Waals surface area contributed by atoms with Gasteiger partial charge in [0.15, 0.2) is 5.16 Å². The van der Waals surface area contributed by atoms with E-state index in [1.807, 2.05) is 25.3 Å². The average molecular weight is 376 g/mol. The second kappa shape index (κ2) is 7.04. The minimum atomic E-state index is -0.0585. The van der Waals surface area contributed by atoms with Gasteiger partial charge in [0.05, 0.1) is 5.69 Å². The van der Waals surface area contributed by atoms with E-state index in [-0.39, 0.29) is 5.56 Å². The molecule has 0 aliphatic carbocycles. The molecule has 0 spiro atoms. The Morgan fingerprint density at radius 3 is 2.67 bits per heavy atom. The van der Waals surface area contributed by atoms with Crippen LogP contribution in [0.15, 0.2) is 64.9 Å². The van der Waals surface area contributed by atoms with Gasteiger partial charge < -0.3 is 0 Å². The lowest BCUT2D eigenvalue weighted by atomic mass is 10.1. The minimum absolute atomic E-state index is 0.0585. The number of nitrogens with zero attached hydrogens (tertiary/aromatic N) is 4. The summed E-state index contributed by atoms with van der Waals surface area (Å²) >= 11 is 1.58. The maximum atomic E-state index is 12.4. The third-order valence-electron chi connectivity index (χ3n) is 4.66. The van der Waals surface area contributed by atoms with E-state index in [9.17, 15) is 4.79 Å². The SMILES string of the molecule is Cc1ccc(-n2ccnc2SCc2cc(=O)n3cccc(C)c3n2)cc1C. The van der Waals surface area contributed by atoms with Crippen LogP contribution < -0.4 is 5.56 Å². The molecule has 0 unspecified atom stereocenters. The van der Waals surface area contributed by atoms with Gasteiger partial charge in [-0.3, -0.25) is 13.8 Å². The van der Waals surface area contributed by atoms with Crippen LogP contribution >= 0.6 is 11.8 Å². The molecule has 0 amide bonds. The van der Waals surface area contributed by atoms with Crippen molar-refractivity contribution in [3.05, 3.63) is 87.7 Å². The topological polar surface area (TPSA) is 52.2 Å². The highest BCUT2D eigenvalue weighted by molar-refractivity contribution is 7.98. The normalized spacial score (nSPS) is 11.2. The van der Waals surface area contributed by atoms with E-state index in [0.29, 0.717) is 11.4 Å². The van der Waals surface area contributed by atoms with Crippen molar-refractivity contribution in [3.8, 4) is 5.69 Å². The van der Waals surface area contributed by atoms with E-state index in [1.54, 1.807) is 34.6 Å². The zero-order chi connectivity index (χ0) is 19.0. The molecule has 4 aromatic rings. The van der Waals surface area contributed by atoms with E-state index in [4.69, 9.17) is 0 Å². The van der Waals surface area contributed by atoms with Crippen LogP contribution in [0.3, 0.4) is 0 Å².